The van der Waals surface area contributed by atoms with Gasteiger partial charge in [0, 0.05) is 25.7 Å². The molecular weight excluding hydrogens is 529 g/mol. The van der Waals surface area contributed by atoms with Gasteiger partial charge < -0.3 is 0 Å². The molecule has 0 saturated heterocycles. The van der Waals surface area contributed by atoms with Crippen molar-refractivity contribution in [2.75, 3.05) is 0 Å². The zero-order valence-corrected chi connectivity index (χ0v) is 25.2. The number of rotatable bonds is 4. The van der Waals surface area contributed by atoms with Gasteiger partial charge in [-0.3, -0.25) is 4.57 Å². The molecule has 0 atom stereocenters. The van der Waals surface area contributed by atoms with E-state index in [9.17, 15) is 0 Å². The maximum atomic E-state index is 5.35. The van der Waals surface area contributed by atoms with E-state index in [1.54, 1.807) is 0 Å². The van der Waals surface area contributed by atoms with Crippen molar-refractivity contribution in [1.82, 2.24) is 9.55 Å². The molecule has 8 aromatic rings. The van der Waals surface area contributed by atoms with Crippen molar-refractivity contribution in [1.29, 1.82) is 0 Å². The second-order valence-corrected chi connectivity index (χ2v) is 13.0. The average molecular weight is 561 g/mol. The monoisotopic (exact) mass is 560 g/mol. The van der Waals surface area contributed by atoms with Crippen molar-refractivity contribution in [2.45, 2.75) is 39.5 Å². The summed E-state index contributed by atoms with van der Waals surface area (Å²) in [4.78, 5) is 5.35. The van der Waals surface area contributed by atoms with Crippen LogP contribution in [0.2, 0.25) is 0 Å². The lowest BCUT2D eigenvalue weighted by Crippen LogP contribution is -2.08. The van der Waals surface area contributed by atoms with E-state index in [1.165, 1.54) is 64.1 Å². The van der Waals surface area contributed by atoms with Gasteiger partial charge in [-0.15, -0.1) is 11.3 Å². The Kier molecular flexibility index (Phi) is 5.74. The molecule has 0 radical (unpaired) electrons. The summed E-state index contributed by atoms with van der Waals surface area (Å²) in [6.45, 7) is 9.18. The van der Waals surface area contributed by atoms with Crippen molar-refractivity contribution in [3.05, 3.63) is 120 Å². The molecule has 0 aliphatic carbocycles. The largest absolute Gasteiger partial charge is 0.292 e. The highest BCUT2D eigenvalue weighted by Crippen LogP contribution is 2.44. The van der Waals surface area contributed by atoms with Crippen LogP contribution < -0.4 is 0 Å². The Morgan fingerprint density at radius 3 is 2.10 bits per heavy atom. The van der Waals surface area contributed by atoms with E-state index in [1.807, 2.05) is 11.3 Å². The fourth-order valence-electron chi connectivity index (χ4n) is 6.68. The van der Waals surface area contributed by atoms with E-state index in [2.05, 4.69) is 141 Å². The number of aromatic nitrogens is 2. The third kappa shape index (κ3) is 3.73. The normalized spacial score (nSPS) is 12.2. The second-order valence-electron chi connectivity index (χ2n) is 12.0. The van der Waals surface area contributed by atoms with Crippen molar-refractivity contribution < 1.29 is 0 Å². The highest BCUT2D eigenvalue weighted by Gasteiger charge is 2.23. The maximum absolute atomic E-state index is 5.35. The number of nitrogens with zero attached hydrogens (tertiary/aromatic N) is 2. The maximum Gasteiger partial charge on any atom is 0.147 e. The van der Waals surface area contributed by atoms with E-state index in [4.69, 9.17) is 4.98 Å². The van der Waals surface area contributed by atoms with Gasteiger partial charge in [-0.25, -0.2) is 4.98 Å². The van der Waals surface area contributed by atoms with E-state index in [0.717, 1.165) is 16.9 Å². The lowest BCUT2D eigenvalue weighted by molar-refractivity contribution is 0.811. The summed E-state index contributed by atoms with van der Waals surface area (Å²) in [6, 6.07) is 40.1. The molecule has 0 unspecified atom stereocenters. The summed E-state index contributed by atoms with van der Waals surface area (Å²) in [6.07, 6.45) is 0. The van der Waals surface area contributed by atoms with Crippen molar-refractivity contribution >= 4 is 64.1 Å². The van der Waals surface area contributed by atoms with Crippen LogP contribution in [-0.4, -0.2) is 9.55 Å². The Bertz CT molecular complexity index is 2290. The molecule has 0 aliphatic rings. The first kappa shape index (κ1) is 25.3. The van der Waals surface area contributed by atoms with Gasteiger partial charge in [0.1, 0.15) is 5.82 Å². The summed E-state index contributed by atoms with van der Waals surface area (Å²) < 4.78 is 5.05. The minimum absolute atomic E-state index is 0.384. The highest BCUT2D eigenvalue weighted by molar-refractivity contribution is 7.26. The van der Waals surface area contributed by atoms with Gasteiger partial charge in [0.25, 0.3) is 0 Å². The van der Waals surface area contributed by atoms with Crippen LogP contribution in [0.5, 0.6) is 0 Å². The Labute approximate surface area is 249 Å². The smallest absolute Gasteiger partial charge is 0.147 e. The van der Waals surface area contributed by atoms with Crippen molar-refractivity contribution in [2.24, 2.45) is 0 Å². The molecule has 204 valence electrons. The van der Waals surface area contributed by atoms with Crippen molar-refractivity contribution in [3.63, 3.8) is 0 Å². The number of benzene rings is 6. The topological polar surface area (TPSA) is 17.8 Å². The highest BCUT2D eigenvalue weighted by atomic mass is 32.1. The summed E-state index contributed by atoms with van der Waals surface area (Å²) in [7, 11) is 0. The predicted octanol–water partition coefficient (Wildman–Crippen LogP) is 11.6. The Balaban J connectivity index is 1.47. The molecule has 0 spiro atoms. The Morgan fingerprint density at radius 2 is 1.29 bits per heavy atom. The fourth-order valence-corrected chi connectivity index (χ4v) is 7.91. The van der Waals surface area contributed by atoms with Crippen LogP contribution in [0.25, 0.3) is 69.8 Å². The van der Waals surface area contributed by atoms with E-state index >= 15 is 0 Å². The molecule has 0 N–H and O–H groups in total. The first-order valence-corrected chi connectivity index (χ1v) is 15.7. The molecule has 6 aromatic carbocycles. The number of hydrogen-bond acceptors (Lipinski definition) is 2. The summed E-state index contributed by atoms with van der Waals surface area (Å²) in [5.74, 6) is 1.78. The van der Waals surface area contributed by atoms with Crippen LogP contribution in [0.15, 0.2) is 109 Å². The molecule has 2 heterocycles. The third-order valence-electron chi connectivity index (χ3n) is 8.73. The molecule has 0 amide bonds. The van der Waals surface area contributed by atoms with Gasteiger partial charge in [0.05, 0.1) is 16.7 Å². The van der Waals surface area contributed by atoms with E-state index in [0.29, 0.717) is 11.8 Å². The predicted molar refractivity (Wildman–Crippen MR) is 183 cm³/mol. The lowest BCUT2D eigenvalue weighted by Gasteiger charge is -2.22. The number of para-hydroxylation sites is 3. The molecule has 0 bridgehead atoms. The lowest BCUT2D eigenvalue weighted by atomic mass is 9.92. The van der Waals surface area contributed by atoms with Crippen LogP contribution in [0.1, 0.15) is 50.7 Å². The average Bonchev–Trinajstić information content (AvgIpc) is 3.57. The quantitative estimate of drug-likeness (QED) is 0.196. The number of imidazole rings is 1. The fraction of sp³-hybridized carbons (Fsp3) is 0.154. The number of fused-ring (bicyclic) bond motifs is 7. The van der Waals surface area contributed by atoms with Crippen LogP contribution >= 0.6 is 11.3 Å². The number of hydrogen-bond donors (Lipinski definition) is 0. The van der Waals surface area contributed by atoms with Gasteiger partial charge in [0.15, 0.2) is 0 Å². The van der Waals surface area contributed by atoms with Gasteiger partial charge in [-0.05, 0) is 74.8 Å². The first-order chi connectivity index (χ1) is 20.5. The van der Waals surface area contributed by atoms with Crippen LogP contribution in [0.4, 0.5) is 0 Å². The molecule has 0 aliphatic heterocycles. The molecular formula is C39H32N2S. The molecule has 2 nitrogen and oxygen atoms in total. The molecule has 0 fully saturated rings. The molecule has 2 aromatic heterocycles. The molecule has 0 saturated carbocycles. The van der Waals surface area contributed by atoms with E-state index < -0.39 is 0 Å². The number of thiophene rings is 1. The Hall–Kier alpha value is -4.47. The minimum atomic E-state index is 0.384. The molecule has 8 rings (SSSR count). The SMILES string of the molecule is CC(C)c1cccc(C(C)C)c1-n1c(-c2cccc3c2sc2cc4c(ccc5ccccc54)cc23)nc2ccccc21. The first-order valence-electron chi connectivity index (χ1n) is 14.9. The van der Waals surface area contributed by atoms with E-state index in [-0.39, 0.29) is 0 Å². The summed E-state index contributed by atoms with van der Waals surface area (Å²) in [5.41, 5.74) is 7.35. The standard InChI is InChI=1S/C39H32N2S/c1-23(2)27-13-9-14-28(24(3)4)37(27)41-35-18-8-7-17-34(35)40-39(41)31-16-10-15-30-33-21-26-20-19-25-11-5-6-12-29(25)32(26)22-36(33)42-38(30)31/h5-24H,1-4H3. The molecule has 42 heavy (non-hydrogen) atoms. The Morgan fingerprint density at radius 1 is 0.595 bits per heavy atom. The second kappa shape index (κ2) is 9.54. The van der Waals surface area contributed by atoms with Gasteiger partial charge in [-0.1, -0.05) is 107 Å². The molecule has 3 heteroatoms. The van der Waals surface area contributed by atoms with Gasteiger partial charge in [-0.2, -0.15) is 0 Å². The van der Waals surface area contributed by atoms with Gasteiger partial charge in [0.2, 0.25) is 0 Å². The third-order valence-corrected chi connectivity index (χ3v) is 9.93. The van der Waals surface area contributed by atoms with Crippen molar-refractivity contribution in [3.8, 4) is 17.1 Å². The zero-order valence-electron chi connectivity index (χ0n) is 24.3. The van der Waals surface area contributed by atoms with Crippen LogP contribution in [0, 0.1) is 0 Å². The van der Waals surface area contributed by atoms with Crippen LogP contribution in [-0.2, 0) is 0 Å². The van der Waals surface area contributed by atoms with Gasteiger partial charge >= 0.3 is 0 Å². The van der Waals surface area contributed by atoms with Crippen LogP contribution in [0.3, 0.4) is 0 Å². The minimum Gasteiger partial charge on any atom is -0.292 e. The summed E-state index contributed by atoms with van der Waals surface area (Å²) in [5, 5.41) is 7.79. The zero-order chi connectivity index (χ0) is 28.5. The summed E-state index contributed by atoms with van der Waals surface area (Å²) >= 11 is 1.89.